The molecule has 0 spiro atoms. The molecule has 3 aromatic rings. The molecule has 1 N–H and O–H groups in total. The summed E-state index contributed by atoms with van der Waals surface area (Å²) < 4.78 is 5.00. The van der Waals surface area contributed by atoms with Crippen molar-refractivity contribution >= 4 is 34.8 Å². The maximum Gasteiger partial charge on any atom is 0.338 e. The first-order chi connectivity index (χ1) is 17.2. The van der Waals surface area contributed by atoms with Crippen molar-refractivity contribution in [2.75, 3.05) is 11.5 Å². The minimum absolute atomic E-state index is 0.145. The summed E-state index contributed by atoms with van der Waals surface area (Å²) in [4.78, 5) is 50.2. The summed E-state index contributed by atoms with van der Waals surface area (Å²) in [7, 11) is 0. The van der Waals surface area contributed by atoms with Crippen LogP contribution < -0.4 is 4.90 Å². The molecule has 4 rings (SSSR count). The number of carbonyl (C=O) groups excluding carboxylic acids is 3. The Morgan fingerprint density at radius 3 is 2.25 bits per heavy atom. The van der Waals surface area contributed by atoms with Crippen molar-refractivity contribution in [1.29, 1.82) is 0 Å². The Bertz CT molecular complexity index is 1390. The lowest BCUT2D eigenvalue weighted by molar-refractivity contribution is -0.384. The Morgan fingerprint density at radius 2 is 1.67 bits per heavy atom. The number of amides is 1. The summed E-state index contributed by atoms with van der Waals surface area (Å²) in [5.41, 5.74) is 1.94. The Morgan fingerprint density at radius 1 is 1.03 bits per heavy atom. The van der Waals surface area contributed by atoms with Gasteiger partial charge in [0.2, 0.25) is 0 Å². The van der Waals surface area contributed by atoms with Gasteiger partial charge in [-0.15, -0.1) is 0 Å². The number of nitrogens with zero attached hydrogens (tertiary/aromatic N) is 2. The summed E-state index contributed by atoms with van der Waals surface area (Å²) in [5.74, 6) is -2.71. The predicted molar refractivity (Wildman–Crippen MR) is 131 cm³/mol. The number of benzene rings is 3. The number of hydrogen-bond donors (Lipinski definition) is 1. The van der Waals surface area contributed by atoms with Gasteiger partial charge < -0.3 is 9.84 Å². The maximum absolute atomic E-state index is 13.2. The van der Waals surface area contributed by atoms with Crippen LogP contribution in [0, 0.1) is 17.0 Å². The van der Waals surface area contributed by atoms with Crippen LogP contribution in [0.3, 0.4) is 0 Å². The van der Waals surface area contributed by atoms with E-state index in [1.807, 2.05) is 13.0 Å². The molecule has 1 heterocycles. The highest BCUT2D eigenvalue weighted by molar-refractivity contribution is 6.51. The third-order valence-corrected chi connectivity index (χ3v) is 5.81. The number of aryl methyl sites for hydroxylation is 1. The first-order valence-corrected chi connectivity index (χ1v) is 11.1. The summed E-state index contributed by atoms with van der Waals surface area (Å²) in [6.07, 6.45) is 0. The number of anilines is 1. The normalized spacial score (nSPS) is 16.7. The van der Waals surface area contributed by atoms with E-state index >= 15 is 0 Å². The number of hydrogen-bond acceptors (Lipinski definition) is 7. The van der Waals surface area contributed by atoms with E-state index < -0.39 is 34.4 Å². The van der Waals surface area contributed by atoms with Crippen LogP contribution >= 0.6 is 0 Å². The molecule has 0 bridgehead atoms. The lowest BCUT2D eigenvalue weighted by atomic mass is 9.94. The number of Topliss-reactive ketones (excluding diaryl/α,β-unsaturated/α-hetero) is 1. The van der Waals surface area contributed by atoms with Crippen molar-refractivity contribution in [3.8, 4) is 0 Å². The number of carbonyl (C=O) groups is 3. The van der Waals surface area contributed by atoms with E-state index in [0.717, 1.165) is 5.56 Å². The Kier molecular flexibility index (Phi) is 6.64. The third-order valence-electron chi connectivity index (χ3n) is 5.81. The standard InChI is InChI=1S/C27H22N2O7/c1-3-36-27(33)18-9-11-20(12-10-18)28-23(19-6-4-5-16(2)15-19)22(25(31)26(28)32)24(30)17-7-13-21(14-8-17)29(34)35/h4-15,23,30H,3H2,1-2H3/b24-22-. The highest BCUT2D eigenvalue weighted by atomic mass is 16.6. The molecule has 0 saturated carbocycles. The van der Waals surface area contributed by atoms with Crippen LogP contribution in [0.2, 0.25) is 0 Å². The molecule has 36 heavy (non-hydrogen) atoms. The summed E-state index contributed by atoms with van der Waals surface area (Å²) in [6, 6.07) is 17.3. The SMILES string of the molecule is CCOC(=O)c1ccc(N2C(=O)C(=O)/C(=C(\O)c3ccc([N+](=O)[O-])cc3)C2c2cccc(C)c2)cc1. The van der Waals surface area contributed by atoms with Gasteiger partial charge in [-0.05, 0) is 55.8 Å². The predicted octanol–water partition coefficient (Wildman–Crippen LogP) is 4.71. The van der Waals surface area contributed by atoms with Crippen LogP contribution in [0.4, 0.5) is 11.4 Å². The smallest absolute Gasteiger partial charge is 0.338 e. The number of rotatable bonds is 6. The van der Waals surface area contributed by atoms with Gasteiger partial charge in [-0.25, -0.2) is 4.79 Å². The minimum atomic E-state index is -0.964. The van der Waals surface area contributed by atoms with Crippen molar-refractivity contribution in [3.63, 3.8) is 0 Å². The Balaban J connectivity index is 1.85. The molecule has 0 aromatic heterocycles. The third kappa shape index (κ3) is 4.46. The largest absolute Gasteiger partial charge is 0.507 e. The molecule has 1 aliphatic heterocycles. The Labute approximate surface area is 206 Å². The van der Waals surface area contributed by atoms with E-state index in [0.29, 0.717) is 11.3 Å². The Hall–Kier alpha value is -4.79. The minimum Gasteiger partial charge on any atom is -0.507 e. The lowest BCUT2D eigenvalue weighted by Crippen LogP contribution is -2.29. The number of esters is 1. The molecular weight excluding hydrogens is 464 g/mol. The first kappa shape index (κ1) is 24.3. The average molecular weight is 486 g/mol. The molecule has 3 aromatic carbocycles. The number of ketones is 1. The molecule has 1 saturated heterocycles. The van der Waals surface area contributed by atoms with Crippen molar-refractivity contribution in [2.24, 2.45) is 0 Å². The molecule has 1 aliphatic rings. The van der Waals surface area contributed by atoms with Crippen LogP contribution in [0.1, 0.15) is 40.0 Å². The zero-order valence-electron chi connectivity index (χ0n) is 19.5. The van der Waals surface area contributed by atoms with E-state index in [4.69, 9.17) is 4.74 Å². The summed E-state index contributed by atoms with van der Waals surface area (Å²) in [6.45, 7) is 3.77. The molecule has 1 fully saturated rings. The highest BCUT2D eigenvalue weighted by Gasteiger charge is 2.47. The van der Waals surface area contributed by atoms with Gasteiger partial charge in [0.1, 0.15) is 5.76 Å². The molecule has 1 unspecified atom stereocenters. The second-order valence-electron chi connectivity index (χ2n) is 8.15. The van der Waals surface area contributed by atoms with Crippen molar-refractivity contribution < 1.29 is 29.2 Å². The van der Waals surface area contributed by atoms with Crippen molar-refractivity contribution in [2.45, 2.75) is 19.9 Å². The number of aliphatic hydroxyl groups excluding tert-OH is 1. The van der Waals surface area contributed by atoms with Gasteiger partial charge >= 0.3 is 5.97 Å². The van der Waals surface area contributed by atoms with Gasteiger partial charge in [0.05, 0.1) is 28.7 Å². The van der Waals surface area contributed by atoms with Gasteiger partial charge in [0.15, 0.2) is 0 Å². The van der Waals surface area contributed by atoms with E-state index in [1.54, 1.807) is 25.1 Å². The molecule has 9 nitrogen and oxygen atoms in total. The van der Waals surface area contributed by atoms with E-state index in [2.05, 4.69) is 0 Å². The first-order valence-electron chi connectivity index (χ1n) is 11.1. The number of non-ortho nitro benzene ring substituents is 1. The highest BCUT2D eigenvalue weighted by Crippen LogP contribution is 2.42. The lowest BCUT2D eigenvalue weighted by Gasteiger charge is -2.26. The van der Waals surface area contributed by atoms with E-state index in [1.165, 1.54) is 53.4 Å². The molecule has 0 radical (unpaired) electrons. The fourth-order valence-electron chi connectivity index (χ4n) is 4.12. The molecule has 1 atom stereocenters. The summed E-state index contributed by atoms with van der Waals surface area (Å²) >= 11 is 0. The van der Waals surface area contributed by atoms with Crippen molar-refractivity contribution in [1.82, 2.24) is 0 Å². The van der Waals surface area contributed by atoms with Gasteiger partial charge in [0, 0.05) is 23.4 Å². The van der Waals surface area contributed by atoms with Crippen LogP contribution in [0.5, 0.6) is 0 Å². The number of nitro groups is 1. The second kappa shape index (κ2) is 9.83. The van der Waals surface area contributed by atoms with E-state index in [9.17, 15) is 29.6 Å². The quantitative estimate of drug-likeness (QED) is 0.134. The van der Waals surface area contributed by atoms with Gasteiger partial charge in [-0.1, -0.05) is 29.8 Å². The van der Waals surface area contributed by atoms with Crippen LogP contribution in [0.25, 0.3) is 5.76 Å². The number of nitro benzene ring substituents is 1. The van der Waals surface area contributed by atoms with E-state index in [-0.39, 0.29) is 29.0 Å². The van der Waals surface area contributed by atoms with Crippen LogP contribution in [0.15, 0.2) is 78.4 Å². The van der Waals surface area contributed by atoms with Crippen LogP contribution in [-0.4, -0.2) is 34.3 Å². The second-order valence-corrected chi connectivity index (χ2v) is 8.15. The maximum atomic E-state index is 13.2. The number of ether oxygens (including phenoxy) is 1. The average Bonchev–Trinajstić information content (AvgIpc) is 3.14. The fraction of sp³-hybridized carbons (Fsp3) is 0.148. The topological polar surface area (TPSA) is 127 Å². The van der Waals surface area contributed by atoms with Gasteiger partial charge in [-0.2, -0.15) is 0 Å². The fourth-order valence-corrected chi connectivity index (χ4v) is 4.12. The van der Waals surface area contributed by atoms with Crippen molar-refractivity contribution in [3.05, 3.63) is 111 Å². The molecule has 1 amide bonds. The summed E-state index contributed by atoms with van der Waals surface area (Å²) in [5, 5.41) is 22.1. The number of aliphatic hydroxyl groups is 1. The molecule has 9 heteroatoms. The molecular formula is C27H22N2O7. The molecule has 0 aliphatic carbocycles. The van der Waals surface area contributed by atoms with Gasteiger partial charge in [0.25, 0.3) is 17.4 Å². The monoisotopic (exact) mass is 486 g/mol. The van der Waals surface area contributed by atoms with Crippen LogP contribution in [-0.2, 0) is 14.3 Å². The zero-order valence-corrected chi connectivity index (χ0v) is 19.5. The molecule has 182 valence electrons. The van der Waals surface area contributed by atoms with Gasteiger partial charge in [-0.3, -0.25) is 24.6 Å². The zero-order chi connectivity index (χ0) is 26.0.